The van der Waals surface area contributed by atoms with Crippen molar-refractivity contribution in [1.29, 1.82) is 0 Å². The summed E-state index contributed by atoms with van der Waals surface area (Å²) >= 11 is 0. The molecule has 0 aromatic heterocycles. The molecule has 2 saturated heterocycles. The summed E-state index contributed by atoms with van der Waals surface area (Å²) in [6.45, 7) is 2.45. The largest absolute Gasteiger partial charge is 0.376 e. The minimum absolute atomic E-state index is 0.118. The minimum atomic E-state index is -0.801. The van der Waals surface area contributed by atoms with E-state index in [1.54, 1.807) is 14.0 Å². The molecule has 9 heteroatoms. The standard InChI is InChI=1S/C13H17N5O4/c1-7(10(14)19)18-6-15-11-9(18)12(20)17(13(21)16(11)2)5-8-3-4-22-8/h6-9H,3-5H2,1-2H3,(H-,14,19)/p+1/t7-,8?,9?/m0/s1. The van der Waals surface area contributed by atoms with Crippen LogP contribution in [0.2, 0.25) is 0 Å². The predicted octanol–water partition coefficient (Wildman–Crippen LogP) is -1.64. The van der Waals surface area contributed by atoms with Crippen molar-refractivity contribution in [3.05, 3.63) is 0 Å². The molecule has 2 fully saturated rings. The van der Waals surface area contributed by atoms with Gasteiger partial charge in [-0.1, -0.05) is 0 Å². The summed E-state index contributed by atoms with van der Waals surface area (Å²) in [7, 11) is 1.56. The summed E-state index contributed by atoms with van der Waals surface area (Å²) in [6, 6.07) is -1.93. The lowest BCUT2D eigenvalue weighted by Gasteiger charge is -2.37. The number of hydrogen-bond acceptors (Lipinski definition) is 5. The number of ether oxygens (including phenoxy) is 1. The van der Waals surface area contributed by atoms with Gasteiger partial charge in [0.25, 0.3) is 30.0 Å². The van der Waals surface area contributed by atoms with Crippen LogP contribution in [0.4, 0.5) is 4.79 Å². The third-order valence-electron chi connectivity index (χ3n) is 4.27. The zero-order valence-corrected chi connectivity index (χ0v) is 12.4. The topological polar surface area (TPSA) is 108 Å². The zero-order chi connectivity index (χ0) is 16.0. The number of urea groups is 1. The lowest BCUT2D eigenvalue weighted by atomic mass is 10.1. The molecule has 0 aromatic rings. The number of aliphatic imine (C=N–C) groups is 1. The molecule has 0 bridgehead atoms. The van der Waals surface area contributed by atoms with E-state index < -0.39 is 29.9 Å². The first-order valence-electron chi connectivity index (χ1n) is 7.10. The number of hydrogen-bond donors (Lipinski definition) is 1. The first-order valence-corrected chi connectivity index (χ1v) is 7.10. The number of nitrogens with two attached hydrogens (primary N) is 1. The molecule has 0 spiro atoms. The van der Waals surface area contributed by atoms with Crippen LogP contribution < -0.4 is 5.73 Å². The molecule has 9 nitrogen and oxygen atoms in total. The van der Waals surface area contributed by atoms with Crippen LogP contribution >= 0.6 is 0 Å². The van der Waals surface area contributed by atoms with Crippen molar-refractivity contribution < 1.29 is 23.7 Å². The van der Waals surface area contributed by atoms with E-state index in [4.69, 9.17) is 10.5 Å². The van der Waals surface area contributed by atoms with Crippen molar-refractivity contribution in [1.82, 2.24) is 9.80 Å². The van der Waals surface area contributed by atoms with Crippen LogP contribution in [0.3, 0.4) is 0 Å². The maximum atomic E-state index is 12.7. The summed E-state index contributed by atoms with van der Waals surface area (Å²) in [4.78, 5) is 43.0. The monoisotopic (exact) mass is 308 g/mol. The van der Waals surface area contributed by atoms with E-state index in [2.05, 4.69) is 4.99 Å². The number of carbonyl (C=O) groups is 3. The van der Waals surface area contributed by atoms with Crippen molar-refractivity contribution in [2.45, 2.75) is 31.5 Å². The Hall–Kier alpha value is -2.29. The molecule has 4 amide bonds. The van der Waals surface area contributed by atoms with Gasteiger partial charge in [-0.25, -0.2) is 9.37 Å². The van der Waals surface area contributed by atoms with Crippen LogP contribution in [0.15, 0.2) is 4.99 Å². The summed E-state index contributed by atoms with van der Waals surface area (Å²) < 4.78 is 6.78. The first-order chi connectivity index (χ1) is 10.4. The maximum Gasteiger partial charge on any atom is 0.333 e. The smallest absolute Gasteiger partial charge is 0.333 e. The number of carbonyl (C=O) groups excluding carboxylic acids is 3. The van der Waals surface area contributed by atoms with Gasteiger partial charge in [-0.05, 0) is 18.3 Å². The molecule has 0 aliphatic carbocycles. The maximum absolute atomic E-state index is 12.7. The third kappa shape index (κ3) is 2.08. The van der Waals surface area contributed by atoms with E-state index >= 15 is 0 Å². The molecule has 0 radical (unpaired) electrons. The number of fused-ring (bicyclic) bond motifs is 1. The molecule has 2 unspecified atom stereocenters. The number of rotatable bonds is 4. The number of amides is 4. The Balaban J connectivity index is 1.87. The highest BCUT2D eigenvalue weighted by Crippen LogP contribution is 2.22. The van der Waals surface area contributed by atoms with Crippen LogP contribution in [0.1, 0.15) is 13.3 Å². The molecule has 3 aliphatic heterocycles. The van der Waals surface area contributed by atoms with Crippen LogP contribution in [0.5, 0.6) is 0 Å². The van der Waals surface area contributed by atoms with Crippen LogP contribution in [0.25, 0.3) is 0 Å². The number of amidine groups is 1. The summed E-state index contributed by atoms with van der Waals surface area (Å²) in [5.74, 6) is -0.651. The molecule has 3 atom stereocenters. The Morgan fingerprint density at radius 2 is 2.27 bits per heavy atom. The normalized spacial score (nSPS) is 28.8. The van der Waals surface area contributed by atoms with E-state index in [9.17, 15) is 14.4 Å². The lowest BCUT2D eigenvalue weighted by Crippen LogP contribution is -2.65. The van der Waals surface area contributed by atoms with Gasteiger partial charge in [-0.2, -0.15) is 0 Å². The Morgan fingerprint density at radius 3 is 2.82 bits per heavy atom. The van der Waals surface area contributed by atoms with E-state index in [1.807, 2.05) is 0 Å². The number of nitrogens with zero attached hydrogens (tertiary/aromatic N) is 4. The average molecular weight is 308 g/mol. The fourth-order valence-electron chi connectivity index (χ4n) is 2.70. The second kappa shape index (κ2) is 5.16. The van der Waals surface area contributed by atoms with Crippen molar-refractivity contribution in [3.63, 3.8) is 0 Å². The fraction of sp³-hybridized carbons (Fsp3) is 0.615. The van der Waals surface area contributed by atoms with Crippen molar-refractivity contribution in [2.75, 3.05) is 20.2 Å². The lowest BCUT2D eigenvalue weighted by molar-refractivity contribution is -0.551. The number of likely N-dealkylation sites (N-methyl/N-ethyl adjacent to an activating group) is 1. The summed E-state index contributed by atoms with van der Waals surface area (Å²) in [5, 5.41) is 0. The Morgan fingerprint density at radius 1 is 1.59 bits per heavy atom. The van der Waals surface area contributed by atoms with Crippen LogP contribution in [0, 0.1) is 0 Å². The molecule has 22 heavy (non-hydrogen) atoms. The molecular formula is C13H18N5O4+. The predicted molar refractivity (Wildman–Crippen MR) is 75.4 cm³/mol. The van der Waals surface area contributed by atoms with Crippen LogP contribution in [-0.2, 0) is 14.3 Å². The van der Waals surface area contributed by atoms with E-state index in [0.717, 1.165) is 11.3 Å². The molecule has 3 heterocycles. The highest BCUT2D eigenvalue weighted by molar-refractivity contribution is 6.21. The molecule has 0 saturated carbocycles. The van der Waals surface area contributed by atoms with Gasteiger partial charge in [0.1, 0.15) is 0 Å². The molecule has 118 valence electrons. The molecule has 2 N–H and O–H groups in total. The minimum Gasteiger partial charge on any atom is -0.376 e. The fourth-order valence-corrected chi connectivity index (χ4v) is 2.70. The van der Waals surface area contributed by atoms with Gasteiger partial charge in [0.2, 0.25) is 0 Å². The van der Waals surface area contributed by atoms with Gasteiger partial charge in [-0.3, -0.25) is 19.4 Å². The third-order valence-corrected chi connectivity index (χ3v) is 4.27. The Bertz CT molecular complexity index is 610. The SMILES string of the molecule is C[C@@H](C(N)=O)[N+]1=CN=C2C1C(=O)N(CC1CCO1)C(=O)N2C. The second-order valence-corrected chi connectivity index (χ2v) is 5.60. The van der Waals surface area contributed by atoms with Crippen molar-refractivity contribution in [2.24, 2.45) is 10.7 Å². The summed E-state index contributed by atoms with van der Waals surface area (Å²) in [6.07, 6.45) is 2.09. The first kappa shape index (κ1) is 14.6. The zero-order valence-electron chi connectivity index (χ0n) is 12.4. The Kier molecular flexibility index (Phi) is 3.44. The van der Waals surface area contributed by atoms with Gasteiger partial charge in [-0.15, -0.1) is 0 Å². The Labute approximate surface area is 127 Å². The average Bonchev–Trinajstić information content (AvgIpc) is 2.87. The molecule has 3 rings (SSSR count). The quantitative estimate of drug-likeness (QED) is 0.629. The highest BCUT2D eigenvalue weighted by atomic mass is 16.5. The highest BCUT2D eigenvalue weighted by Gasteiger charge is 2.53. The summed E-state index contributed by atoms with van der Waals surface area (Å²) in [5.41, 5.74) is 5.31. The van der Waals surface area contributed by atoms with E-state index in [0.29, 0.717) is 12.4 Å². The van der Waals surface area contributed by atoms with Crippen molar-refractivity contribution in [3.8, 4) is 0 Å². The van der Waals surface area contributed by atoms with Gasteiger partial charge in [0.05, 0.1) is 12.6 Å². The molecule has 0 aromatic carbocycles. The van der Waals surface area contributed by atoms with Crippen LogP contribution in [-0.4, -0.2) is 82.8 Å². The molecular weight excluding hydrogens is 290 g/mol. The van der Waals surface area contributed by atoms with Gasteiger partial charge in [0.15, 0.2) is 6.04 Å². The number of primary amides is 1. The van der Waals surface area contributed by atoms with Crippen molar-refractivity contribution >= 4 is 30.0 Å². The van der Waals surface area contributed by atoms with E-state index in [-0.39, 0.29) is 12.6 Å². The molecule has 3 aliphatic rings. The van der Waals surface area contributed by atoms with Gasteiger partial charge in [0, 0.05) is 13.7 Å². The second-order valence-electron chi connectivity index (χ2n) is 5.60. The van der Waals surface area contributed by atoms with E-state index in [1.165, 1.54) is 15.8 Å². The van der Waals surface area contributed by atoms with Gasteiger partial charge >= 0.3 is 6.03 Å². The number of imide groups is 1. The van der Waals surface area contributed by atoms with Gasteiger partial charge < -0.3 is 10.5 Å².